The third kappa shape index (κ3) is 10.7. The zero-order chi connectivity index (χ0) is 23.4. The molecule has 0 radical (unpaired) electrons. The summed E-state index contributed by atoms with van der Waals surface area (Å²) >= 11 is 0. The van der Waals surface area contributed by atoms with Crippen LogP contribution < -0.4 is 16.0 Å². The Morgan fingerprint density at radius 1 is 1.35 bits per heavy atom. The van der Waals surface area contributed by atoms with Gasteiger partial charge in [-0.2, -0.15) is 13.2 Å². The number of carbonyl (C=O) groups excluding carboxylic acids is 2. The van der Waals surface area contributed by atoms with E-state index in [9.17, 15) is 22.8 Å². The predicted molar refractivity (Wildman–Crippen MR) is 104 cm³/mol. The van der Waals surface area contributed by atoms with Gasteiger partial charge in [0.15, 0.2) is 0 Å². The summed E-state index contributed by atoms with van der Waals surface area (Å²) in [6.07, 6.45) is -1.11. The Morgan fingerprint density at radius 2 is 2.03 bits per heavy atom. The summed E-state index contributed by atoms with van der Waals surface area (Å²) in [5.74, 6) is -2.85. The van der Waals surface area contributed by atoms with Crippen LogP contribution >= 0.6 is 0 Å². The van der Waals surface area contributed by atoms with Crippen LogP contribution in [-0.2, 0) is 25.7 Å². The van der Waals surface area contributed by atoms with Gasteiger partial charge in [-0.1, -0.05) is 19.9 Å². The fourth-order valence-corrected chi connectivity index (χ4v) is 2.52. The fraction of sp³-hybridized carbons (Fsp3) is 0.579. The number of nitrogens with zero attached hydrogens (tertiary/aromatic N) is 1. The van der Waals surface area contributed by atoms with Gasteiger partial charge in [-0.25, -0.2) is 4.79 Å². The van der Waals surface area contributed by atoms with E-state index in [4.69, 9.17) is 14.6 Å². The lowest BCUT2D eigenvalue weighted by molar-refractivity contribution is -0.192. The van der Waals surface area contributed by atoms with Crippen LogP contribution in [0.5, 0.6) is 0 Å². The first kappa shape index (κ1) is 26.3. The molecule has 1 aliphatic heterocycles. The van der Waals surface area contributed by atoms with E-state index in [1.165, 1.54) is 0 Å². The van der Waals surface area contributed by atoms with Crippen LogP contribution in [0.1, 0.15) is 25.8 Å². The highest BCUT2D eigenvalue weighted by Gasteiger charge is 2.38. The number of aromatic nitrogens is 1. The molecule has 0 saturated carbocycles. The summed E-state index contributed by atoms with van der Waals surface area (Å²) in [6.45, 7) is 6.01. The first-order valence-corrected chi connectivity index (χ1v) is 9.59. The van der Waals surface area contributed by atoms with Crippen molar-refractivity contribution in [2.24, 2.45) is 5.92 Å². The summed E-state index contributed by atoms with van der Waals surface area (Å²) in [5.41, 5.74) is 0.919. The van der Waals surface area contributed by atoms with E-state index in [2.05, 4.69) is 20.9 Å². The van der Waals surface area contributed by atoms with Crippen molar-refractivity contribution in [1.82, 2.24) is 20.9 Å². The molecular formula is C19H27F3N4O5. The van der Waals surface area contributed by atoms with Crippen LogP contribution in [-0.4, -0.2) is 65.9 Å². The SMILES string of the molecule is CC(C)CC(NC(=O)C1COCCN1)C(=O)NCc1cccnc1.O=C(O)C(F)(F)F. The summed E-state index contributed by atoms with van der Waals surface area (Å²) in [6, 6.07) is 2.76. The van der Waals surface area contributed by atoms with Crippen molar-refractivity contribution < 1.29 is 37.4 Å². The van der Waals surface area contributed by atoms with Crippen molar-refractivity contribution in [3.8, 4) is 0 Å². The van der Waals surface area contributed by atoms with Crippen molar-refractivity contribution in [1.29, 1.82) is 0 Å². The average molecular weight is 448 g/mol. The molecule has 0 bridgehead atoms. The van der Waals surface area contributed by atoms with E-state index in [1.807, 2.05) is 26.0 Å². The Balaban J connectivity index is 0.000000592. The second-order valence-corrected chi connectivity index (χ2v) is 7.15. The number of hydrogen-bond donors (Lipinski definition) is 4. The lowest BCUT2D eigenvalue weighted by atomic mass is 10.0. The lowest BCUT2D eigenvalue weighted by Crippen LogP contribution is -2.56. The Labute approximate surface area is 177 Å². The largest absolute Gasteiger partial charge is 0.490 e. The van der Waals surface area contributed by atoms with Gasteiger partial charge >= 0.3 is 12.1 Å². The number of nitrogens with one attached hydrogen (secondary N) is 3. The van der Waals surface area contributed by atoms with Gasteiger partial charge in [-0.15, -0.1) is 0 Å². The highest BCUT2D eigenvalue weighted by Crippen LogP contribution is 2.13. The number of carboxylic acids is 1. The molecule has 0 aromatic carbocycles. The molecule has 2 unspecified atom stereocenters. The molecule has 0 spiro atoms. The van der Waals surface area contributed by atoms with Crippen LogP contribution in [0.15, 0.2) is 24.5 Å². The van der Waals surface area contributed by atoms with E-state index in [1.54, 1.807) is 12.4 Å². The highest BCUT2D eigenvalue weighted by atomic mass is 19.4. The first-order valence-electron chi connectivity index (χ1n) is 9.59. The normalized spacial score (nSPS) is 17.2. The molecule has 2 heterocycles. The topological polar surface area (TPSA) is 130 Å². The van der Waals surface area contributed by atoms with E-state index in [0.29, 0.717) is 32.7 Å². The Kier molecular flexibility index (Phi) is 10.9. The number of carbonyl (C=O) groups is 3. The molecule has 1 saturated heterocycles. The number of alkyl halides is 3. The van der Waals surface area contributed by atoms with Crippen molar-refractivity contribution in [2.75, 3.05) is 19.8 Å². The van der Waals surface area contributed by atoms with Crippen molar-refractivity contribution in [3.63, 3.8) is 0 Å². The third-order valence-corrected chi connectivity index (χ3v) is 4.01. The zero-order valence-electron chi connectivity index (χ0n) is 17.2. The van der Waals surface area contributed by atoms with Crippen LogP contribution in [0.3, 0.4) is 0 Å². The average Bonchev–Trinajstić information content (AvgIpc) is 2.72. The maximum absolute atomic E-state index is 12.5. The van der Waals surface area contributed by atoms with Crippen LogP contribution in [0.4, 0.5) is 13.2 Å². The number of rotatable bonds is 7. The van der Waals surface area contributed by atoms with Crippen LogP contribution in [0.2, 0.25) is 0 Å². The van der Waals surface area contributed by atoms with Gasteiger partial charge in [0, 0.05) is 25.5 Å². The van der Waals surface area contributed by atoms with Crippen LogP contribution in [0.25, 0.3) is 0 Å². The molecule has 1 fully saturated rings. The zero-order valence-corrected chi connectivity index (χ0v) is 17.2. The summed E-state index contributed by atoms with van der Waals surface area (Å²) in [5, 5.41) is 15.9. The molecule has 2 rings (SSSR count). The predicted octanol–water partition coefficient (Wildman–Crippen LogP) is 0.850. The quantitative estimate of drug-likeness (QED) is 0.487. The number of pyridine rings is 1. The smallest absolute Gasteiger partial charge is 0.475 e. The number of hydrogen-bond acceptors (Lipinski definition) is 6. The van der Waals surface area contributed by atoms with Crippen molar-refractivity contribution in [3.05, 3.63) is 30.1 Å². The molecule has 0 aliphatic carbocycles. The Bertz CT molecular complexity index is 710. The Hall–Kier alpha value is -2.73. The van der Waals surface area contributed by atoms with Gasteiger partial charge in [-0.3, -0.25) is 14.6 Å². The van der Waals surface area contributed by atoms with Gasteiger partial charge in [-0.05, 0) is 24.0 Å². The fourth-order valence-electron chi connectivity index (χ4n) is 2.52. The number of morpholine rings is 1. The maximum atomic E-state index is 12.5. The molecule has 174 valence electrons. The number of aliphatic carboxylic acids is 1. The van der Waals surface area contributed by atoms with E-state index >= 15 is 0 Å². The minimum atomic E-state index is -5.08. The standard InChI is InChI=1S/C17H26N4O3.C2HF3O2/c1-12(2)8-14(21-17(23)15-11-24-7-6-19-15)16(22)20-10-13-4-3-5-18-9-13;3-2(4,5)1(6)7/h3-5,9,12,14-15,19H,6-8,10-11H2,1-2H3,(H,20,22)(H,21,23);(H,6,7). The maximum Gasteiger partial charge on any atom is 0.490 e. The van der Waals surface area contributed by atoms with Crippen LogP contribution in [0, 0.1) is 5.92 Å². The lowest BCUT2D eigenvalue weighted by Gasteiger charge is -2.26. The molecule has 1 aromatic heterocycles. The second kappa shape index (κ2) is 12.8. The molecule has 12 heteroatoms. The van der Waals surface area contributed by atoms with Gasteiger partial charge in [0.2, 0.25) is 11.8 Å². The van der Waals surface area contributed by atoms with E-state index in [0.717, 1.165) is 5.56 Å². The van der Waals surface area contributed by atoms with Gasteiger partial charge in [0.1, 0.15) is 12.1 Å². The molecule has 1 aliphatic rings. The molecule has 2 atom stereocenters. The van der Waals surface area contributed by atoms with E-state index < -0.39 is 24.2 Å². The Morgan fingerprint density at radius 3 is 2.52 bits per heavy atom. The number of ether oxygens (including phenoxy) is 1. The molecule has 31 heavy (non-hydrogen) atoms. The monoisotopic (exact) mass is 448 g/mol. The highest BCUT2D eigenvalue weighted by molar-refractivity contribution is 5.89. The van der Waals surface area contributed by atoms with Gasteiger partial charge < -0.3 is 25.8 Å². The van der Waals surface area contributed by atoms with Crippen molar-refractivity contribution in [2.45, 2.75) is 45.1 Å². The summed E-state index contributed by atoms with van der Waals surface area (Å²) < 4.78 is 37.0. The van der Waals surface area contributed by atoms with Gasteiger partial charge in [0.05, 0.1) is 13.2 Å². The van der Waals surface area contributed by atoms with Crippen molar-refractivity contribution >= 4 is 17.8 Å². The van der Waals surface area contributed by atoms with E-state index in [-0.39, 0.29) is 17.7 Å². The molecular weight excluding hydrogens is 421 g/mol. The summed E-state index contributed by atoms with van der Waals surface area (Å²) in [4.78, 5) is 37.7. The number of halogens is 3. The molecule has 4 N–H and O–H groups in total. The minimum Gasteiger partial charge on any atom is -0.475 e. The number of amides is 2. The molecule has 1 aromatic rings. The second-order valence-electron chi connectivity index (χ2n) is 7.15. The number of carboxylic acid groups (broad SMARTS) is 1. The van der Waals surface area contributed by atoms with Gasteiger partial charge in [0.25, 0.3) is 0 Å². The third-order valence-electron chi connectivity index (χ3n) is 4.01. The molecule has 2 amide bonds. The molecule has 9 nitrogen and oxygen atoms in total. The minimum absolute atomic E-state index is 0.183. The summed E-state index contributed by atoms with van der Waals surface area (Å²) in [7, 11) is 0. The first-order chi connectivity index (χ1) is 14.5.